The van der Waals surface area contributed by atoms with E-state index in [0.29, 0.717) is 48.7 Å². The topological polar surface area (TPSA) is 59.0 Å². The van der Waals surface area contributed by atoms with Gasteiger partial charge in [-0.2, -0.15) is 26.3 Å². The highest BCUT2D eigenvalue weighted by Crippen LogP contribution is 2.49. The maximum atomic E-state index is 13.6. The molecule has 1 saturated carbocycles. The van der Waals surface area contributed by atoms with Crippen molar-refractivity contribution >= 4 is 5.97 Å². The van der Waals surface area contributed by atoms with Crippen LogP contribution in [0.2, 0.25) is 0 Å². The van der Waals surface area contributed by atoms with Crippen LogP contribution in [-0.4, -0.2) is 41.8 Å². The first-order chi connectivity index (χ1) is 18.2. The number of alkyl halides is 6. The zero-order valence-corrected chi connectivity index (χ0v) is 21.4. The van der Waals surface area contributed by atoms with Gasteiger partial charge in [-0.25, -0.2) is 0 Å². The lowest BCUT2D eigenvalue weighted by Crippen LogP contribution is -2.56. The van der Waals surface area contributed by atoms with E-state index in [1.165, 1.54) is 6.92 Å². The van der Waals surface area contributed by atoms with Crippen LogP contribution in [0.5, 0.6) is 11.5 Å². The summed E-state index contributed by atoms with van der Waals surface area (Å²) in [5.41, 5.74) is -1.74. The monoisotopic (exact) mass is 557 g/mol. The van der Waals surface area contributed by atoms with Crippen LogP contribution in [-0.2, 0) is 17.1 Å². The molecule has 0 unspecified atom stereocenters. The number of benzene rings is 2. The molecule has 2 aromatic carbocycles. The van der Waals surface area contributed by atoms with Crippen LogP contribution in [0.25, 0.3) is 0 Å². The maximum Gasteiger partial charge on any atom is 0.416 e. The van der Waals surface area contributed by atoms with Gasteiger partial charge in [0.1, 0.15) is 12.7 Å². The van der Waals surface area contributed by atoms with Crippen molar-refractivity contribution in [3.05, 3.63) is 58.7 Å². The van der Waals surface area contributed by atoms with Gasteiger partial charge in [0.2, 0.25) is 0 Å². The first-order valence-electron chi connectivity index (χ1n) is 12.9. The highest BCUT2D eigenvalue weighted by Gasteiger charge is 2.44. The van der Waals surface area contributed by atoms with Crippen LogP contribution in [0.1, 0.15) is 60.9 Å². The van der Waals surface area contributed by atoms with Crippen LogP contribution >= 0.6 is 0 Å². The number of aliphatic carboxylic acids is 1. The van der Waals surface area contributed by atoms with Gasteiger partial charge in [0.25, 0.3) is 0 Å². The number of carboxylic acids is 1. The zero-order valence-electron chi connectivity index (χ0n) is 21.4. The Morgan fingerprint density at radius 3 is 2.26 bits per heavy atom. The predicted octanol–water partition coefficient (Wildman–Crippen LogP) is 6.77. The molecule has 4 atom stereocenters. The molecule has 11 heteroatoms. The van der Waals surface area contributed by atoms with Crippen LogP contribution in [0.3, 0.4) is 0 Å². The van der Waals surface area contributed by atoms with Gasteiger partial charge in [-0.15, -0.1) is 0 Å². The summed E-state index contributed by atoms with van der Waals surface area (Å²) in [5.74, 6) is -0.332. The molecule has 0 amide bonds. The number of halogens is 6. The molecule has 2 aliphatic heterocycles. The van der Waals surface area contributed by atoms with Crippen molar-refractivity contribution in [3.8, 4) is 11.5 Å². The second-order valence-electron chi connectivity index (χ2n) is 10.9. The number of rotatable bonds is 7. The Morgan fingerprint density at radius 1 is 0.974 bits per heavy atom. The minimum atomic E-state index is -4.78. The van der Waals surface area contributed by atoms with E-state index in [1.54, 1.807) is 17.9 Å². The second-order valence-corrected chi connectivity index (χ2v) is 10.9. The molecule has 1 saturated heterocycles. The summed E-state index contributed by atoms with van der Waals surface area (Å²) >= 11 is 0. The van der Waals surface area contributed by atoms with Gasteiger partial charge in [0.05, 0.1) is 17.0 Å². The second kappa shape index (κ2) is 9.91. The maximum absolute atomic E-state index is 13.6. The van der Waals surface area contributed by atoms with Crippen molar-refractivity contribution in [1.29, 1.82) is 0 Å². The molecule has 0 aromatic heterocycles. The summed E-state index contributed by atoms with van der Waals surface area (Å²) in [7, 11) is 0. The fraction of sp³-hybridized carbons (Fsp3) is 0.536. The molecule has 2 aromatic rings. The van der Waals surface area contributed by atoms with E-state index in [0.717, 1.165) is 18.4 Å². The zero-order chi connectivity index (χ0) is 28.3. The number of likely N-dealkylation sites (tertiary alicyclic amines) is 1. The first kappa shape index (κ1) is 27.6. The molecule has 3 aliphatic rings. The molecule has 2 fully saturated rings. The fourth-order valence-corrected chi connectivity index (χ4v) is 5.76. The number of carbonyl (C=O) groups is 1. The minimum Gasteiger partial charge on any atom is -0.486 e. The highest BCUT2D eigenvalue weighted by molar-refractivity contribution is 5.71. The van der Waals surface area contributed by atoms with E-state index in [4.69, 9.17) is 9.47 Å². The number of hydrogen-bond acceptors (Lipinski definition) is 4. The lowest BCUT2D eigenvalue weighted by atomic mass is 9.83. The van der Waals surface area contributed by atoms with Crippen molar-refractivity contribution in [2.24, 2.45) is 17.8 Å². The van der Waals surface area contributed by atoms with E-state index in [1.807, 2.05) is 12.1 Å². The van der Waals surface area contributed by atoms with E-state index in [-0.39, 0.29) is 18.4 Å². The summed E-state index contributed by atoms with van der Waals surface area (Å²) < 4.78 is 92.6. The highest BCUT2D eigenvalue weighted by atomic mass is 19.4. The van der Waals surface area contributed by atoms with Crippen LogP contribution < -0.4 is 9.47 Å². The quantitative estimate of drug-likeness (QED) is 0.381. The molecule has 2 heterocycles. The van der Waals surface area contributed by atoms with E-state index in [9.17, 15) is 36.2 Å². The number of ether oxygens (including phenoxy) is 2. The molecule has 0 bridgehead atoms. The van der Waals surface area contributed by atoms with Gasteiger partial charge < -0.3 is 14.6 Å². The third-order valence-electron chi connectivity index (χ3n) is 8.24. The largest absolute Gasteiger partial charge is 0.486 e. The van der Waals surface area contributed by atoms with Gasteiger partial charge in [-0.05, 0) is 73.1 Å². The van der Waals surface area contributed by atoms with E-state index >= 15 is 0 Å². The van der Waals surface area contributed by atoms with Gasteiger partial charge in [-0.1, -0.05) is 13.0 Å². The Morgan fingerprint density at radius 2 is 1.67 bits per heavy atom. The van der Waals surface area contributed by atoms with Gasteiger partial charge in [0, 0.05) is 25.0 Å². The normalized spacial score (nSPS) is 22.6. The Balaban J connectivity index is 1.29. The van der Waals surface area contributed by atoms with Crippen molar-refractivity contribution in [2.45, 2.75) is 57.1 Å². The number of carboxylic acid groups (broad SMARTS) is 1. The fourth-order valence-electron chi connectivity index (χ4n) is 5.76. The molecule has 0 spiro atoms. The van der Waals surface area contributed by atoms with Crippen molar-refractivity contribution < 1.29 is 45.7 Å². The van der Waals surface area contributed by atoms with Crippen LogP contribution in [0.4, 0.5) is 26.3 Å². The van der Waals surface area contributed by atoms with Gasteiger partial charge in [-0.3, -0.25) is 9.69 Å². The molecule has 0 radical (unpaired) electrons. The molecule has 212 valence electrons. The molecular formula is C28H29F6NO4. The SMILES string of the molecule is C[C@H](C(=O)O)[C@H](c1ccc2c(c1)O[C@H](C1CN([C@H](C)c3cc(C(F)(F)F)ccc3C(F)(F)F)C1)CO2)C1CC1. The minimum absolute atomic E-state index is 0.0958. The molecule has 5 nitrogen and oxygen atoms in total. The Hall–Kier alpha value is -2.95. The van der Waals surface area contributed by atoms with Gasteiger partial charge >= 0.3 is 18.3 Å². The smallest absolute Gasteiger partial charge is 0.416 e. The lowest BCUT2D eigenvalue weighted by molar-refractivity contribution is -0.142. The molecular weight excluding hydrogens is 528 g/mol. The standard InChI is InChI=1S/C28H29F6NO4/c1-14(26(36)37)25(16-3-4-16)17-5-8-22-23(9-17)39-24(13-38-22)18-11-35(12-18)15(2)20-10-19(27(29,30)31)6-7-21(20)28(32,33)34/h5-10,14-16,18,24-25H,3-4,11-13H2,1-2H3,(H,36,37)/t14-,15+,24-,25-/m0/s1. The lowest BCUT2D eigenvalue weighted by Gasteiger charge is -2.47. The van der Waals surface area contributed by atoms with Gasteiger partial charge in [0.15, 0.2) is 11.5 Å². The Bertz CT molecular complexity index is 1240. The number of hydrogen-bond donors (Lipinski definition) is 1. The number of nitrogens with zero attached hydrogens (tertiary/aromatic N) is 1. The summed E-state index contributed by atoms with van der Waals surface area (Å²) in [6, 6.07) is 6.12. The predicted molar refractivity (Wildman–Crippen MR) is 129 cm³/mol. The average Bonchev–Trinajstić information content (AvgIpc) is 3.66. The molecule has 5 rings (SSSR count). The summed E-state index contributed by atoms with van der Waals surface area (Å²) in [4.78, 5) is 13.4. The van der Waals surface area contributed by atoms with Crippen molar-refractivity contribution in [3.63, 3.8) is 0 Å². The van der Waals surface area contributed by atoms with E-state index < -0.39 is 53.1 Å². The third-order valence-corrected chi connectivity index (χ3v) is 8.24. The Labute approximate surface area is 221 Å². The van der Waals surface area contributed by atoms with Crippen LogP contribution in [0, 0.1) is 17.8 Å². The van der Waals surface area contributed by atoms with Crippen LogP contribution in [0.15, 0.2) is 36.4 Å². The van der Waals surface area contributed by atoms with Crippen molar-refractivity contribution in [2.75, 3.05) is 19.7 Å². The molecule has 1 N–H and O–H groups in total. The summed E-state index contributed by atoms with van der Waals surface area (Å²) in [6.45, 7) is 4.07. The summed E-state index contributed by atoms with van der Waals surface area (Å²) in [5, 5.41) is 9.57. The third kappa shape index (κ3) is 5.55. The molecule has 1 aliphatic carbocycles. The first-order valence-corrected chi connectivity index (χ1v) is 12.9. The number of fused-ring (bicyclic) bond motifs is 1. The molecule has 39 heavy (non-hydrogen) atoms. The average molecular weight is 558 g/mol. The van der Waals surface area contributed by atoms with E-state index in [2.05, 4.69) is 0 Å². The summed E-state index contributed by atoms with van der Waals surface area (Å²) in [6.07, 6.45) is -7.99. The Kier molecular flexibility index (Phi) is 7.01. The van der Waals surface area contributed by atoms with Crippen molar-refractivity contribution in [1.82, 2.24) is 4.90 Å².